The van der Waals surface area contributed by atoms with Crippen LogP contribution in [0.4, 0.5) is 0 Å². The summed E-state index contributed by atoms with van der Waals surface area (Å²) in [5.74, 6) is 1.29. The quantitative estimate of drug-likeness (QED) is 0.524. The van der Waals surface area contributed by atoms with Gasteiger partial charge in [0, 0.05) is 12.1 Å². The zero-order chi connectivity index (χ0) is 8.55. The van der Waals surface area contributed by atoms with Crippen LogP contribution in [0.3, 0.4) is 0 Å². The number of hydrogen-bond acceptors (Lipinski definition) is 1. The lowest BCUT2D eigenvalue weighted by atomic mass is 9.89. The molecule has 0 radical (unpaired) electrons. The van der Waals surface area contributed by atoms with Crippen molar-refractivity contribution < 1.29 is 0 Å². The van der Waals surface area contributed by atoms with Crippen LogP contribution < -0.4 is 0 Å². The Labute approximate surface area is 73.9 Å². The summed E-state index contributed by atoms with van der Waals surface area (Å²) in [7, 11) is 0. The third-order valence-electron chi connectivity index (χ3n) is 2.74. The molecular weight excluding hydrogens is 146 g/mol. The highest BCUT2D eigenvalue weighted by Crippen LogP contribution is 2.35. The fraction of sp³-hybridized carbons (Fsp3) is 0.545. The van der Waals surface area contributed by atoms with E-state index in [1.807, 2.05) is 6.21 Å². The molecule has 0 aromatic rings. The fourth-order valence-electron chi connectivity index (χ4n) is 2.10. The molecule has 1 nitrogen and oxygen atoms in total. The van der Waals surface area contributed by atoms with Crippen LogP contribution >= 0.6 is 0 Å². The first-order valence-corrected chi connectivity index (χ1v) is 4.69. The topological polar surface area (TPSA) is 12.4 Å². The van der Waals surface area contributed by atoms with Gasteiger partial charge in [-0.05, 0) is 18.4 Å². The highest BCUT2D eigenvalue weighted by molar-refractivity contribution is 5.73. The predicted molar refractivity (Wildman–Crippen MR) is 52.4 cm³/mol. The van der Waals surface area contributed by atoms with Crippen molar-refractivity contribution in [3.05, 3.63) is 23.8 Å². The number of allylic oxidation sites excluding steroid dienone is 1. The highest BCUT2D eigenvalue weighted by atomic mass is 14.8. The van der Waals surface area contributed by atoms with E-state index in [0.29, 0.717) is 17.9 Å². The molecule has 64 valence electrons. The number of fused-ring (bicyclic) bond motifs is 1. The SMILES string of the molecule is CC(C)C1=CCC2N=CC=CC12. The summed E-state index contributed by atoms with van der Waals surface area (Å²) in [5, 5.41) is 0. The van der Waals surface area contributed by atoms with Crippen LogP contribution in [0.1, 0.15) is 20.3 Å². The molecule has 0 spiro atoms. The Bertz CT molecular complexity index is 258. The van der Waals surface area contributed by atoms with Gasteiger partial charge in [0.15, 0.2) is 0 Å². The van der Waals surface area contributed by atoms with Crippen molar-refractivity contribution in [2.75, 3.05) is 0 Å². The normalized spacial score (nSPS) is 32.4. The lowest BCUT2D eigenvalue weighted by Gasteiger charge is -2.20. The number of aliphatic imine (C=N–C) groups is 1. The summed E-state index contributed by atoms with van der Waals surface area (Å²) in [6, 6.07) is 0.521. The zero-order valence-electron chi connectivity index (χ0n) is 7.70. The smallest absolute Gasteiger partial charge is 0.0634 e. The van der Waals surface area contributed by atoms with Crippen LogP contribution in [0.5, 0.6) is 0 Å². The van der Waals surface area contributed by atoms with Gasteiger partial charge < -0.3 is 0 Å². The first kappa shape index (κ1) is 7.78. The first-order valence-electron chi connectivity index (χ1n) is 4.69. The van der Waals surface area contributed by atoms with Gasteiger partial charge in [-0.3, -0.25) is 4.99 Å². The molecule has 0 saturated heterocycles. The lowest BCUT2D eigenvalue weighted by Crippen LogP contribution is -2.17. The van der Waals surface area contributed by atoms with Gasteiger partial charge in [-0.25, -0.2) is 0 Å². The van der Waals surface area contributed by atoms with Gasteiger partial charge in [0.2, 0.25) is 0 Å². The fourth-order valence-corrected chi connectivity index (χ4v) is 2.10. The number of hydrogen-bond donors (Lipinski definition) is 0. The van der Waals surface area contributed by atoms with Gasteiger partial charge in [-0.1, -0.05) is 31.6 Å². The van der Waals surface area contributed by atoms with Gasteiger partial charge >= 0.3 is 0 Å². The molecule has 0 N–H and O–H groups in total. The second-order valence-electron chi connectivity index (χ2n) is 3.87. The molecule has 2 rings (SSSR count). The summed E-state index contributed by atoms with van der Waals surface area (Å²) in [4.78, 5) is 4.46. The van der Waals surface area contributed by atoms with Gasteiger partial charge in [0.05, 0.1) is 6.04 Å². The Morgan fingerprint density at radius 1 is 1.50 bits per heavy atom. The molecule has 2 atom stereocenters. The maximum Gasteiger partial charge on any atom is 0.0634 e. The van der Waals surface area contributed by atoms with Crippen molar-refractivity contribution in [1.29, 1.82) is 0 Å². The van der Waals surface area contributed by atoms with Crippen molar-refractivity contribution in [3.63, 3.8) is 0 Å². The van der Waals surface area contributed by atoms with Crippen LogP contribution in [0.15, 0.2) is 28.8 Å². The van der Waals surface area contributed by atoms with Gasteiger partial charge in [0.25, 0.3) is 0 Å². The van der Waals surface area contributed by atoms with E-state index in [0.717, 1.165) is 6.42 Å². The van der Waals surface area contributed by atoms with Crippen molar-refractivity contribution in [2.24, 2.45) is 16.8 Å². The molecule has 0 aromatic carbocycles. The van der Waals surface area contributed by atoms with Gasteiger partial charge in [0.1, 0.15) is 0 Å². The minimum atomic E-state index is 0.521. The second-order valence-corrected chi connectivity index (χ2v) is 3.87. The van der Waals surface area contributed by atoms with Gasteiger partial charge in [-0.15, -0.1) is 0 Å². The standard InChI is InChI=1S/C11H15N/c1-8(2)9-5-6-11-10(9)4-3-7-12-11/h3-5,7-8,10-11H,6H2,1-2H3. The third-order valence-corrected chi connectivity index (χ3v) is 2.74. The Morgan fingerprint density at radius 3 is 3.08 bits per heavy atom. The first-order chi connectivity index (χ1) is 5.79. The molecule has 12 heavy (non-hydrogen) atoms. The molecule has 0 bridgehead atoms. The van der Waals surface area contributed by atoms with Crippen molar-refractivity contribution in [3.8, 4) is 0 Å². The Hall–Kier alpha value is -0.850. The maximum atomic E-state index is 4.46. The van der Waals surface area contributed by atoms with Crippen molar-refractivity contribution >= 4 is 6.21 Å². The maximum absolute atomic E-state index is 4.46. The molecular formula is C11H15N. The van der Waals surface area contributed by atoms with Crippen LogP contribution in [-0.2, 0) is 0 Å². The minimum Gasteiger partial charge on any atom is -0.289 e. The molecule has 2 unspecified atom stereocenters. The highest BCUT2D eigenvalue weighted by Gasteiger charge is 2.29. The average Bonchev–Trinajstić information content (AvgIpc) is 2.47. The number of dihydropyridines is 1. The molecule has 1 heterocycles. The van der Waals surface area contributed by atoms with Crippen molar-refractivity contribution in [2.45, 2.75) is 26.3 Å². The van der Waals surface area contributed by atoms with E-state index >= 15 is 0 Å². The molecule has 0 saturated carbocycles. The Kier molecular flexibility index (Phi) is 1.87. The largest absolute Gasteiger partial charge is 0.289 e. The van der Waals surface area contributed by atoms with E-state index in [-0.39, 0.29) is 0 Å². The van der Waals surface area contributed by atoms with E-state index in [1.165, 1.54) is 0 Å². The van der Waals surface area contributed by atoms with Crippen molar-refractivity contribution in [1.82, 2.24) is 0 Å². The number of nitrogens with zero attached hydrogens (tertiary/aromatic N) is 1. The average molecular weight is 161 g/mol. The molecule has 1 aliphatic heterocycles. The van der Waals surface area contributed by atoms with E-state index in [1.54, 1.807) is 5.57 Å². The molecule has 0 aromatic heterocycles. The van der Waals surface area contributed by atoms with Crippen LogP contribution in [0, 0.1) is 11.8 Å². The Morgan fingerprint density at radius 2 is 2.33 bits per heavy atom. The summed E-state index contributed by atoms with van der Waals surface area (Å²) in [5.41, 5.74) is 1.58. The summed E-state index contributed by atoms with van der Waals surface area (Å²) in [6.45, 7) is 4.53. The summed E-state index contributed by atoms with van der Waals surface area (Å²) in [6.07, 6.45) is 9.80. The molecule has 0 amide bonds. The number of rotatable bonds is 1. The zero-order valence-corrected chi connectivity index (χ0v) is 7.70. The summed E-state index contributed by atoms with van der Waals surface area (Å²) >= 11 is 0. The molecule has 1 heteroatoms. The lowest BCUT2D eigenvalue weighted by molar-refractivity contribution is 0.562. The minimum absolute atomic E-state index is 0.521. The Balaban J connectivity index is 2.20. The second kappa shape index (κ2) is 2.89. The van der Waals surface area contributed by atoms with Crippen LogP contribution in [-0.4, -0.2) is 12.3 Å². The predicted octanol–water partition coefficient (Wildman–Crippen LogP) is 2.60. The van der Waals surface area contributed by atoms with Crippen LogP contribution in [0.2, 0.25) is 0 Å². The summed E-state index contributed by atoms with van der Waals surface area (Å²) < 4.78 is 0. The van der Waals surface area contributed by atoms with E-state index < -0.39 is 0 Å². The molecule has 1 aliphatic carbocycles. The monoisotopic (exact) mass is 161 g/mol. The van der Waals surface area contributed by atoms with Crippen LogP contribution in [0.25, 0.3) is 0 Å². The third kappa shape index (κ3) is 1.13. The molecule has 2 aliphatic rings. The van der Waals surface area contributed by atoms with E-state index in [2.05, 4.69) is 37.1 Å². The molecule has 0 fully saturated rings. The van der Waals surface area contributed by atoms with Gasteiger partial charge in [-0.2, -0.15) is 0 Å². The van der Waals surface area contributed by atoms with E-state index in [4.69, 9.17) is 0 Å². The van der Waals surface area contributed by atoms with E-state index in [9.17, 15) is 0 Å².